The van der Waals surface area contributed by atoms with E-state index in [-0.39, 0.29) is 24.0 Å². The number of nitrogens with one attached hydrogen (secondary N) is 1. The van der Waals surface area contributed by atoms with Crippen molar-refractivity contribution >= 4 is 41.7 Å². The Morgan fingerprint density at radius 2 is 2.30 bits per heavy atom. The number of ether oxygens (including phenoxy) is 1. The molecule has 1 aliphatic heterocycles. The maximum atomic E-state index is 5.88. The normalized spacial score (nSPS) is 18.4. The molecule has 2 rings (SSSR count). The van der Waals surface area contributed by atoms with Crippen LogP contribution in [0.1, 0.15) is 18.4 Å². The van der Waals surface area contributed by atoms with E-state index in [1.165, 1.54) is 18.6 Å². The first-order valence-electron chi connectivity index (χ1n) is 6.57. The molecule has 0 spiro atoms. The van der Waals surface area contributed by atoms with Gasteiger partial charge in [-0.05, 0) is 24.7 Å². The lowest BCUT2D eigenvalue weighted by Gasteiger charge is -2.11. The number of hydrogen-bond donors (Lipinski definition) is 2. The Labute approximate surface area is 142 Å². The van der Waals surface area contributed by atoms with Gasteiger partial charge in [0.15, 0.2) is 5.96 Å². The van der Waals surface area contributed by atoms with Gasteiger partial charge in [-0.1, -0.05) is 18.2 Å². The number of methoxy groups -OCH3 is 1. The minimum atomic E-state index is 0. The number of thioether (sulfide) groups is 1. The zero-order chi connectivity index (χ0) is 13.5. The van der Waals surface area contributed by atoms with Crippen LogP contribution in [0, 0.1) is 0 Å². The zero-order valence-corrected chi connectivity index (χ0v) is 14.8. The van der Waals surface area contributed by atoms with Crippen LogP contribution < -0.4 is 15.8 Å². The van der Waals surface area contributed by atoms with Crippen molar-refractivity contribution in [3.05, 3.63) is 29.8 Å². The number of benzene rings is 1. The van der Waals surface area contributed by atoms with Crippen molar-refractivity contribution < 1.29 is 4.74 Å². The second kappa shape index (κ2) is 9.33. The average Bonchev–Trinajstić information content (AvgIpc) is 2.96. The van der Waals surface area contributed by atoms with E-state index in [1.807, 2.05) is 36.0 Å². The van der Waals surface area contributed by atoms with Crippen LogP contribution in [0.2, 0.25) is 0 Å². The Balaban J connectivity index is 0.00000200. The second-order valence-electron chi connectivity index (χ2n) is 4.53. The predicted molar refractivity (Wildman–Crippen MR) is 97.2 cm³/mol. The summed E-state index contributed by atoms with van der Waals surface area (Å²) in [7, 11) is 1.67. The fourth-order valence-electron chi connectivity index (χ4n) is 2.08. The highest BCUT2D eigenvalue weighted by atomic mass is 127. The van der Waals surface area contributed by atoms with Crippen molar-refractivity contribution in [3.63, 3.8) is 0 Å². The Bertz CT molecular complexity index is 436. The summed E-state index contributed by atoms with van der Waals surface area (Å²) < 4.78 is 5.29. The van der Waals surface area contributed by atoms with E-state index in [0.29, 0.717) is 17.8 Å². The van der Waals surface area contributed by atoms with Crippen LogP contribution in [0.3, 0.4) is 0 Å². The van der Waals surface area contributed by atoms with E-state index in [4.69, 9.17) is 10.5 Å². The van der Waals surface area contributed by atoms with E-state index >= 15 is 0 Å². The topological polar surface area (TPSA) is 59.6 Å². The maximum Gasteiger partial charge on any atom is 0.188 e. The first-order valence-corrected chi connectivity index (χ1v) is 7.61. The number of hydrogen-bond acceptors (Lipinski definition) is 3. The molecule has 0 saturated carbocycles. The highest BCUT2D eigenvalue weighted by molar-refractivity contribution is 14.0. The summed E-state index contributed by atoms with van der Waals surface area (Å²) in [4.78, 5) is 4.36. The van der Waals surface area contributed by atoms with Crippen molar-refractivity contribution in [2.24, 2.45) is 10.7 Å². The second-order valence-corrected chi connectivity index (χ2v) is 5.94. The summed E-state index contributed by atoms with van der Waals surface area (Å²) in [5, 5.41) is 3.88. The quantitative estimate of drug-likeness (QED) is 0.448. The molecule has 1 heterocycles. The largest absolute Gasteiger partial charge is 0.496 e. The van der Waals surface area contributed by atoms with Gasteiger partial charge >= 0.3 is 0 Å². The molecular weight excluding hydrogens is 385 g/mol. The molecule has 0 aliphatic carbocycles. The Hall–Kier alpha value is -0.630. The van der Waals surface area contributed by atoms with Crippen LogP contribution >= 0.6 is 35.7 Å². The van der Waals surface area contributed by atoms with E-state index in [0.717, 1.165) is 17.9 Å². The van der Waals surface area contributed by atoms with Crippen molar-refractivity contribution in [3.8, 4) is 5.75 Å². The molecule has 1 aliphatic rings. The van der Waals surface area contributed by atoms with E-state index < -0.39 is 0 Å². The molecule has 0 radical (unpaired) electrons. The summed E-state index contributed by atoms with van der Waals surface area (Å²) in [6.45, 7) is 1.45. The van der Waals surface area contributed by atoms with Crippen LogP contribution in [0.4, 0.5) is 0 Å². The van der Waals surface area contributed by atoms with E-state index in [2.05, 4.69) is 10.3 Å². The lowest BCUT2D eigenvalue weighted by atomic mass is 10.2. The smallest absolute Gasteiger partial charge is 0.188 e. The molecule has 0 amide bonds. The van der Waals surface area contributed by atoms with Gasteiger partial charge in [0.1, 0.15) is 5.75 Å². The molecule has 1 unspecified atom stereocenters. The van der Waals surface area contributed by atoms with Gasteiger partial charge < -0.3 is 15.8 Å². The molecule has 6 heteroatoms. The molecule has 1 atom stereocenters. The van der Waals surface area contributed by atoms with Crippen LogP contribution in [-0.2, 0) is 6.54 Å². The molecule has 1 fully saturated rings. The summed E-state index contributed by atoms with van der Waals surface area (Å²) in [5.41, 5.74) is 6.93. The van der Waals surface area contributed by atoms with Crippen LogP contribution in [0.5, 0.6) is 5.75 Å². The Morgan fingerprint density at radius 3 is 3.00 bits per heavy atom. The standard InChI is InChI=1S/C14H21N3OS.HI/c1-18-13-7-3-2-5-11(13)9-16-14(15)17-10-12-6-4-8-19-12;/h2-3,5,7,12H,4,6,8-10H2,1H3,(H3,15,16,17);1H. The minimum absolute atomic E-state index is 0. The summed E-state index contributed by atoms with van der Waals surface area (Å²) in [6.07, 6.45) is 2.59. The first kappa shape index (κ1) is 17.4. The fourth-order valence-corrected chi connectivity index (χ4v) is 3.28. The number of aliphatic imine (C=N–C) groups is 1. The number of para-hydroxylation sites is 1. The van der Waals surface area contributed by atoms with Crippen LogP contribution in [0.15, 0.2) is 29.3 Å². The summed E-state index contributed by atoms with van der Waals surface area (Å²) in [6, 6.07) is 7.86. The average molecular weight is 407 g/mol. The third-order valence-electron chi connectivity index (χ3n) is 3.15. The zero-order valence-electron chi connectivity index (χ0n) is 11.7. The summed E-state index contributed by atoms with van der Waals surface area (Å²) >= 11 is 2.01. The third kappa shape index (κ3) is 5.40. The predicted octanol–water partition coefficient (Wildman–Crippen LogP) is 2.61. The molecule has 3 N–H and O–H groups in total. The first-order chi connectivity index (χ1) is 9.29. The van der Waals surface area contributed by atoms with Gasteiger partial charge in [0, 0.05) is 17.4 Å². The summed E-state index contributed by atoms with van der Waals surface area (Å²) in [5.74, 6) is 2.63. The molecular formula is C14H22IN3OS. The number of guanidine groups is 1. The van der Waals surface area contributed by atoms with Gasteiger partial charge in [-0.25, -0.2) is 4.99 Å². The van der Waals surface area contributed by atoms with Crippen molar-refractivity contribution in [2.45, 2.75) is 24.6 Å². The molecule has 0 aromatic heterocycles. The number of nitrogens with zero attached hydrogens (tertiary/aromatic N) is 1. The highest BCUT2D eigenvalue weighted by Gasteiger charge is 2.14. The van der Waals surface area contributed by atoms with Gasteiger partial charge in [-0.3, -0.25) is 0 Å². The van der Waals surface area contributed by atoms with E-state index in [1.54, 1.807) is 7.11 Å². The maximum absolute atomic E-state index is 5.88. The molecule has 0 bridgehead atoms. The Kier molecular flexibility index (Phi) is 8.13. The van der Waals surface area contributed by atoms with Crippen molar-refractivity contribution in [2.75, 3.05) is 19.4 Å². The third-order valence-corrected chi connectivity index (χ3v) is 4.55. The van der Waals surface area contributed by atoms with Crippen LogP contribution in [0.25, 0.3) is 0 Å². The lowest BCUT2D eigenvalue weighted by Crippen LogP contribution is -2.35. The molecule has 1 aromatic rings. The monoisotopic (exact) mass is 407 g/mol. The van der Waals surface area contributed by atoms with Gasteiger partial charge in [-0.15, -0.1) is 24.0 Å². The van der Waals surface area contributed by atoms with Crippen molar-refractivity contribution in [1.29, 1.82) is 0 Å². The minimum Gasteiger partial charge on any atom is -0.496 e. The lowest BCUT2D eigenvalue weighted by molar-refractivity contribution is 0.410. The highest BCUT2D eigenvalue weighted by Crippen LogP contribution is 2.25. The number of nitrogens with two attached hydrogens (primary N) is 1. The SMILES string of the molecule is COc1ccccc1CN=C(N)NCC1CCCS1.I. The molecule has 112 valence electrons. The molecule has 20 heavy (non-hydrogen) atoms. The molecule has 1 saturated heterocycles. The van der Waals surface area contributed by atoms with E-state index in [9.17, 15) is 0 Å². The van der Waals surface area contributed by atoms with Gasteiger partial charge in [0.05, 0.1) is 13.7 Å². The number of halogens is 1. The van der Waals surface area contributed by atoms with Crippen LogP contribution in [-0.4, -0.2) is 30.6 Å². The molecule has 4 nitrogen and oxygen atoms in total. The Morgan fingerprint density at radius 1 is 1.50 bits per heavy atom. The van der Waals surface area contributed by atoms with Gasteiger partial charge in [-0.2, -0.15) is 11.8 Å². The van der Waals surface area contributed by atoms with Crippen molar-refractivity contribution in [1.82, 2.24) is 5.32 Å². The molecule has 1 aromatic carbocycles. The van der Waals surface area contributed by atoms with Gasteiger partial charge in [0.25, 0.3) is 0 Å². The number of rotatable bonds is 5. The van der Waals surface area contributed by atoms with Gasteiger partial charge in [0.2, 0.25) is 0 Å². The fraction of sp³-hybridized carbons (Fsp3) is 0.500.